The molecule has 0 bridgehead atoms. The zero-order valence-electron chi connectivity index (χ0n) is 11.8. The van der Waals surface area contributed by atoms with Crippen LogP contribution in [0.2, 0.25) is 0 Å². The third-order valence-electron chi connectivity index (χ3n) is 2.76. The fraction of sp³-hybridized carbons (Fsp3) is 0.154. The minimum atomic E-state index is -0.687. The van der Waals surface area contributed by atoms with Crippen LogP contribution in [-0.4, -0.2) is 26.5 Å². The van der Waals surface area contributed by atoms with Gasteiger partial charge >= 0.3 is 11.7 Å². The summed E-state index contributed by atoms with van der Waals surface area (Å²) in [5.74, 6) is -1.19. The predicted molar refractivity (Wildman–Crippen MR) is 76.7 cm³/mol. The Morgan fingerprint density at radius 1 is 1.43 bits per heavy atom. The molecule has 1 aromatic carbocycles. The standard InChI is InChI=1S/C13H12FN5O4/c14-10-3-1-9(2-4-10)13(15)17-23-12(20)5-6-18-8-11(7-16-18)19(21)22/h1-4,7-8H,5-6H2,(H2,15,17). The van der Waals surface area contributed by atoms with Crippen LogP contribution in [-0.2, 0) is 16.2 Å². The number of nitrogens with zero attached hydrogens (tertiary/aromatic N) is 4. The number of nitrogens with two attached hydrogens (primary N) is 1. The lowest BCUT2D eigenvalue weighted by atomic mass is 10.2. The van der Waals surface area contributed by atoms with Gasteiger partial charge in [-0.15, -0.1) is 0 Å². The highest BCUT2D eigenvalue weighted by molar-refractivity contribution is 5.97. The largest absolute Gasteiger partial charge is 0.380 e. The van der Waals surface area contributed by atoms with Gasteiger partial charge in [0.05, 0.1) is 17.9 Å². The van der Waals surface area contributed by atoms with Crippen molar-refractivity contribution in [3.63, 3.8) is 0 Å². The molecule has 0 radical (unpaired) electrons. The van der Waals surface area contributed by atoms with E-state index in [4.69, 9.17) is 5.73 Å². The van der Waals surface area contributed by atoms with Gasteiger partial charge in [0.15, 0.2) is 5.84 Å². The second kappa shape index (κ2) is 7.11. The smallest absolute Gasteiger partial charge is 0.336 e. The number of benzene rings is 1. The lowest BCUT2D eigenvalue weighted by Gasteiger charge is -2.01. The first-order valence-corrected chi connectivity index (χ1v) is 6.42. The van der Waals surface area contributed by atoms with Crippen LogP contribution in [0.25, 0.3) is 0 Å². The number of aryl methyl sites for hydroxylation is 1. The van der Waals surface area contributed by atoms with E-state index in [0.29, 0.717) is 5.56 Å². The third kappa shape index (κ3) is 4.59. The summed E-state index contributed by atoms with van der Waals surface area (Å²) in [6.45, 7) is 0.0959. The number of hydrogen-bond acceptors (Lipinski definition) is 6. The maximum absolute atomic E-state index is 12.8. The second-order valence-electron chi connectivity index (χ2n) is 4.42. The molecule has 2 rings (SSSR count). The van der Waals surface area contributed by atoms with Gasteiger partial charge in [-0.25, -0.2) is 9.18 Å². The normalized spacial score (nSPS) is 11.3. The average Bonchev–Trinajstić information content (AvgIpc) is 3.00. The number of oxime groups is 1. The number of halogens is 1. The monoisotopic (exact) mass is 321 g/mol. The van der Waals surface area contributed by atoms with E-state index in [2.05, 4.69) is 15.1 Å². The third-order valence-corrected chi connectivity index (χ3v) is 2.76. The summed E-state index contributed by atoms with van der Waals surface area (Å²) in [7, 11) is 0. The Labute approximate surface area is 129 Å². The molecular weight excluding hydrogens is 309 g/mol. The van der Waals surface area contributed by atoms with Crippen molar-refractivity contribution in [1.29, 1.82) is 0 Å². The zero-order valence-corrected chi connectivity index (χ0v) is 11.8. The summed E-state index contributed by atoms with van der Waals surface area (Å²) in [4.78, 5) is 26.1. The summed E-state index contributed by atoms with van der Waals surface area (Å²) in [6.07, 6.45) is 2.18. The molecule has 0 saturated carbocycles. The number of carbonyl (C=O) groups excluding carboxylic acids is 1. The first-order chi connectivity index (χ1) is 11.0. The van der Waals surface area contributed by atoms with Crippen molar-refractivity contribution in [2.45, 2.75) is 13.0 Å². The molecular formula is C13H12FN5O4. The summed E-state index contributed by atoms with van der Waals surface area (Å²) in [5.41, 5.74) is 5.83. The number of aromatic nitrogens is 2. The van der Waals surface area contributed by atoms with Gasteiger partial charge in [-0.2, -0.15) is 5.10 Å². The number of amidine groups is 1. The summed E-state index contributed by atoms with van der Waals surface area (Å²) in [6, 6.07) is 5.18. The maximum Gasteiger partial charge on any atom is 0.336 e. The van der Waals surface area contributed by atoms with Crippen LogP contribution in [0, 0.1) is 15.9 Å². The van der Waals surface area contributed by atoms with Gasteiger partial charge < -0.3 is 10.6 Å². The van der Waals surface area contributed by atoms with Crippen molar-refractivity contribution in [3.8, 4) is 0 Å². The van der Waals surface area contributed by atoms with Gasteiger partial charge in [0, 0.05) is 5.56 Å². The molecule has 1 heterocycles. The summed E-state index contributed by atoms with van der Waals surface area (Å²) in [5, 5.41) is 17.7. The number of nitro groups is 1. The molecule has 0 saturated heterocycles. The highest BCUT2D eigenvalue weighted by Crippen LogP contribution is 2.08. The molecule has 23 heavy (non-hydrogen) atoms. The van der Waals surface area contributed by atoms with Crippen LogP contribution < -0.4 is 5.73 Å². The first-order valence-electron chi connectivity index (χ1n) is 6.42. The van der Waals surface area contributed by atoms with Crippen LogP contribution in [0.5, 0.6) is 0 Å². The molecule has 0 aliphatic rings. The number of carbonyl (C=O) groups is 1. The zero-order chi connectivity index (χ0) is 16.8. The van der Waals surface area contributed by atoms with Crippen molar-refractivity contribution in [1.82, 2.24) is 9.78 Å². The second-order valence-corrected chi connectivity index (χ2v) is 4.42. The van der Waals surface area contributed by atoms with Gasteiger partial charge in [-0.1, -0.05) is 5.16 Å². The molecule has 2 aromatic rings. The van der Waals surface area contributed by atoms with E-state index < -0.39 is 16.7 Å². The molecule has 0 amide bonds. The van der Waals surface area contributed by atoms with E-state index in [1.807, 2.05) is 0 Å². The van der Waals surface area contributed by atoms with Gasteiger partial charge in [0.2, 0.25) is 0 Å². The Bertz CT molecular complexity index is 741. The molecule has 0 spiro atoms. The molecule has 0 fully saturated rings. The molecule has 0 unspecified atom stereocenters. The quantitative estimate of drug-likeness (QED) is 0.280. The van der Waals surface area contributed by atoms with Crippen LogP contribution in [0.1, 0.15) is 12.0 Å². The van der Waals surface area contributed by atoms with Gasteiger partial charge in [0.1, 0.15) is 18.2 Å². The van der Waals surface area contributed by atoms with E-state index in [9.17, 15) is 19.3 Å². The molecule has 0 aliphatic heterocycles. The fourth-order valence-corrected chi connectivity index (χ4v) is 1.59. The van der Waals surface area contributed by atoms with Gasteiger partial charge in [-0.3, -0.25) is 14.8 Å². The highest BCUT2D eigenvalue weighted by atomic mass is 19.1. The Morgan fingerprint density at radius 2 is 2.13 bits per heavy atom. The van der Waals surface area contributed by atoms with Crippen molar-refractivity contribution in [2.75, 3.05) is 0 Å². The highest BCUT2D eigenvalue weighted by Gasteiger charge is 2.10. The lowest BCUT2D eigenvalue weighted by Crippen LogP contribution is -2.15. The van der Waals surface area contributed by atoms with Crippen molar-refractivity contribution < 1.29 is 18.9 Å². The first kappa shape index (κ1) is 16.1. The SMILES string of the molecule is N/C(=N\OC(=O)CCn1cc([N+](=O)[O-])cn1)c1ccc(F)cc1. The van der Waals surface area contributed by atoms with E-state index >= 15 is 0 Å². The molecule has 0 aliphatic carbocycles. The van der Waals surface area contributed by atoms with E-state index in [1.165, 1.54) is 35.1 Å². The minimum absolute atomic E-state index is 0.0759. The molecule has 2 N–H and O–H groups in total. The van der Waals surface area contributed by atoms with Gasteiger partial charge in [-0.05, 0) is 24.3 Å². The number of rotatable bonds is 6. The predicted octanol–water partition coefficient (Wildman–Crippen LogP) is 1.18. The van der Waals surface area contributed by atoms with Gasteiger partial charge in [0.25, 0.3) is 0 Å². The summed E-state index contributed by atoms with van der Waals surface area (Å²) >= 11 is 0. The summed E-state index contributed by atoms with van der Waals surface area (Å²) < 4.78 is 14.0. The average molecular weight is 321 g/mol. The Balaban J connectivity index is 1.85. The maximum atomic E-state index is 12.8. The molecule has 0 atom stereocenters. The lowest BCUT2D eigenvalue weighted by molar-refractivity contribution is -0.385. The van der Waals surface area contributed by atoms with E-state index in [0.717, 1.165) is 6.20 Å². The van der Waals surface area contributed by atoms with Crippen molar-refractivity contribution in [2.24, 2.45) is 10.9 Å². The molecule has 1 aromatic heterocycles. The van der Waals surface area contributed by atoms with Crippen LogP contribution in [0.15, 0.2) is 41.8 Å². The Kier molecular flexibility index (Phi) is 4.97. The van der Waals surface area contributed by atoms with Crippen molar-refractivity contribution >= 4 is 17.5 Å². The molecule has 9 nitrogen and oxygen atoms in total. The molecule has 10 heteroatoms. The molecule has 120 valence electrons. The Morgan fingerprint density at radius 3 is 2.74 bits per heavy atom. The van der Waals surface area contributed by atoms with Crippen molar-refractivity contribution in [3.05, 3.63) is 58.2 Å². The van der Waals surface area contributed by atoms with Crippen LogP contribution >= 0.6 is 0 Å². The topological polar surface area (TPSA) is 126 Å². The van der Waals surface area contributed by atoms with E-state index in [-0.39, 0.29) is 24.5 Å². The van der Waals surface area contributed by atoms with Crippen LogP contribution in [0.3, 0.4) is 0 Å². The fourth-order valence-electron chi connectivity index (χ4n) is 1.59. The van der Waals surface area contributed by atoms with Crippen LogP contribution in [0.4, 0.5) is 10.1 Å². The van der Waals surface area contributed by atoms with E-state index in [1.54, 1.807) is 0 Å². The minimum Gasteiger partial charge on any atom is -0.380 e. The number of hydrogen-bond donors (Lipinski definition) is 1. The Hall–Kier alpha value is -3.30.